The molecular weight excluding hydrogens is 466 g/mol. The van der Waals surface area contributed by atoms with Crippen molar-refractivity contribution in [1.82, 2.24) is 4.98 Å². The molecule has 1 aromatic heterocycles. The number of amides is 1. The average molecular weight is 498 g/mol. The summed E-state index contributed by atoms with van der Waals surface area (Å²) in [7, 11) is 0. The third-order valence-corrected chi connectivity index (χ3v) is 6.31. The third-order valence-electron chi connectivity index (χ3n) is 5.34. The number of ether oxygens (including phenoxy) is 3. The summed E-state index contributed by atoms with van der Waals surface area (Å²) >= 11 is 1.47. The number of carbonyl (C=O) groups excluding carboxylic acids is 1. The van der Waals surface area contributed by atoms with E-state index in [1.165, 1.54) is 11.8 Å². The van der Waals surface area contributed by atoms with Crippen molar-refractivity contribution in [3.05, 3.63) is 54.4 Å². The Morgan fingerprint density at radius 2 is 1.83 bits per heavy atom. The standard InChI is InChI=1S/C26H31N3O5S/c1-3-32-23-15-22(29-10-12-31-13-11-29)24(33-4-2)14-21(23)28-25(30)18-35-17-20-16-34-26(27-20)19-8-6-5-7-9-19/h5-9,14-16H,3-4,10-13,17-18H2,1-2H3,(H,28,30). The van der Waals surface area contributed by atoms with Crippen LogP contribution in [-0.4, -0.2) is 56.2 Å². The van der Waals surface area contributed by atoms with E-state index in [0.29, 0.717) is 49.5 Å². The van der Waals surface area contributed by atoms with E-state index in [4.69, 9.17) is 18.6 Å². The van der Waals surface area contributed by atoms with Gasteiger partial charge in [0.1, 0.15) is 17.8 Å². The number of benzene rings is 2. The van der Waals surface area contributed by atoms with Crippen molar-refractivity contribution in [2.45, 2.75) is 19.6 Å². The fourth-order valence-electron chi connectivity index (χ4n) is 3.77. The molecular formula is C26H31N3O5S. The number of hydrogen-bond donors (Lipinski definition) is 1. The van der Waals surface area contributed by atoms with Crippen molar-refractivity contribution in [3.63, 3.8) is 0 Å². The Kier molecular flexibility index (Phi) is 8.91. The van der Waals surface area contributed by atoms with Gasteiger partial charge in [0.25, 0.3) is 0 Å². The van der Waals surface area contributed by atoms with E-state index >= 15 is 0 Å². The van der Waals surface area contributed by atoms with Gasteiger partial charge < -0.3 is 28.8 Å². The monoisotopic (exact) mass is 497 g/mol. The van der Waals surface area contributed by atoms with E-state index < -0.39 is 0 Å². The van der Waals surface area contributed by atoms with Gasteiger partial charge in [-0.2, -0.15) is 0 Å². The summed E-state index contributed by atoms with van der Waals surface area (Å²) in [6.45, 7) is 7.79. The molecule has 0 atom stereocenters. The average Bonchev–Trinajstić information content (AvgIpc) is 3.36. The largest absolute Gasteiger partial charge is 0.492 e. The Labute approximate surface area is 210 Å². The summed E-state index contributed by atoms with van der Waals surface area (Å²) in [4.78, 5) is 19.5. The minimum absolute atomic E-state index is 0.121. The number of aromatic nitrogens is 1. The number of morpholine rings is 1. The highest BCUT2D eigenvalue weighted by Gasteiger charge is 2.20. The van der Waals surface area contributed by atoms with Crippen LogP contribution in [0.15, 0.2) is 53.1 Å². The lowest BCUT2D eigenvalue weighted by molar-refractivity contribution is -0.113. The third kappa shape index (κ3) is 6.70. The minimum Gasteiger partial charge on any atom is -0.492 e. The molecule has 0 aliphatic carbocycles. The lowest BCUT2D eigenvalue weighted by Crippen LogP contribution is -2.36. The van der Waals surface area contributed by atoms with Gasteiger partial charge in [0.2, 0.25) is 11.8 Å². The highest BCUT2D eigenvalue weighted by molar-refractivity contribution is 7.99. The zero-order valence-electron chi connectivity index (χ0n) is 20.1. The van der Waals surface area contributed by atoms with Gasteiger partial charge in [-0.25, -0.2) is 4.98 Å². The molecule has 4 rings (SSSR count). The maximum absolute atomic E-state index is 12.7. The lowest BCUT2D eigenvalue weighted by Gasteiger charge is -2.31. The van der Waals surface area contributed by atoms with Crippen LogP contribution < -0.4 is 19.7 Å². The fraction of sp³-hybridized carbons (Fsp3) is 0.385. The van der Waals surface area contributed by atoms with Crippen LogP contribution in [-0.2, 0) is 15.3 Å². The Morgan fingerprint density at radius 1 is 1.09 bits per heavy atom. The molecule has 0 bridgehead atoms. The number of carbonyl (C=O) groups is 1. The van der Waals surface area contributed by atoms with Crippen molar-refractivity contribution in [1.29, 1.82) is 0 Å². The van der Waals surface area contributed by atoms with Crippen LogP contribution in [0, 0.1) is 0 Å². The van der Waals surface area contributed by atoms with E-state index in [0.717, 1.165) is 35.8 Å². The predicted octanol–water partition coefficient (Wildman–Crippen LogP) is 4.85. The van der Waals surface area contributed by atoms with E-state index in [1.807, 2.05) is 56.3 Å². The van der Waals surface area contributed by atoms with Crippen LogP contribution in [0.4, 0.5) is 11.4 Å². The van der Waals surface area contributed by atoms with Crippen LogP contribution in [0.3, 0.4) is 0 Å². The molecule has 1 fully saturated rings. The number of nitrogens with one attached hydrogen (secondary N) is 1. The second-order valence-electron chi connectivity index (χ2n) is 7.83. The van der Waals surface area contributed by atoms with E-state index in [2.05, 4.69) is 15.2 Å². The Bertz CT molecular complexity index is 1100. The minimum atomic E-state index is -0.121. The molecule has 1 aliphatic heterocycles. The zero-order chi connectivity index (χ0) is 24.5. The van der Waals surface area contributed by atoms with Gasteiger partial charge in [-0.3, -0.25) is 4.79 Å². The van der Waals surface area contributed by atoms with Crippen molar-refractivity contribution in [2.75, 3.05) is 55.5 Å². The van der Waals surface area contributed by atoms with Gasteiger partial charge in [-0.05, 0) is 26.0 Å². The summed E-state index contributed by atoms with van der Waals surface area (Å²) in [5, 5.41) is 2.99. The van der Waals surface area contributed by atoms with Gasteiger partial charge in [0.15, 0.2) is 0 Å². The lowest BCUT2D eigenvalue weighted by atomic mass is 10.2. The van der Waals surface area contributed by atoms with Crippen LogP contribution in [0.1, 0.15) is 19.5 Å². The fourth-order valence-corrected chi connectivity index (χ4v) is 4.47. The zero-order valence-corrected chi connectivity index (χ0v) is 20.9. The van der Waals surface area contributed by atoms with Crippen LogP contribution in [0.25, 0.3) is 11.5 Å². The summed E-state index contributed by atoms with van der Waals surface area (Å²) in [6.07, 6.45) is 1.64. The second kappa shape index (κ2) is 12.5. The number of nitrogens with zero attached hydrogens (tertiary/aromatic N) is 2. The number of thioether (sulfide) groups is 1. The Hall–Kier alpha value is -3.17. The molecule has 1 saturated heterocycles. The highest BCUT2D eigenvalue weighted by Crippen LogP contribution is 2.39. The summed E-state index contributed by atoms with van der Waals surface area (Å²) < 4.78 is 22.8. The highest BCUT2D eigenvalue weighted by atomic mass is 32.2. The second-order valence-corrected chi connectivity index (χ2v) is 8.82. The Morgan fingerprint density at radius 3 is 2.57 bits per heavy atom. The molecule has 3 aromatic rings. The Balaban J connectivity index is 1.39. The van der Waals surface area contributed by atoms with Crippen LogP contribution in [0.5, 0.6) is 11.5 Å². The van der Waals surface area contributed by atoms with Crippen LogP contribution >= 0.6 is 11.8 Å². The first-order valence-electron chi connectivity index (χ1n) is 11.8. The SMILES string of the molecule is CCOc1cc(N2CCOCC2)c(OCC)cc1NC(=O)CSCc1coc(-c2ccccc2)n1. The first-order chi connectivity index (χ1) is 17.2. The summed E-state index contributed by atoms with van der Waals surface area (Å²) in [6, 6.07) is 13.5. The molecule has 0 radical (unpaired) electrons. The molecule has 0 unspecified atom stereocenters. The van der Waals surface area contributed by atoms with Gasteiger partial charge in [0, 0.05) is 36.5 Å². The summed E-state index contributed by atoms with van der Waals surface area (Å²) in [5.41, 5.74) is 3.28. The number of rotatable bonds is 11. The van der Waals surface area contributed by atoms with Crippen molar-refractivity contribution in [3.8, 4) is 23.0 Å². The molecule has 0 spiro atoms. The maximum atomic E-state index is 12.7. The smallest absolute Gasteiger partial charge is 0.234 e. The van der Waals surface area contributed by atoms with E-state index in [1.54, 1.807) is 6.26 Å². The maximum Gasteiger partial charge on any atom is 0.234 e. The topological polar surface area (TPSA) is 86.1 Å². The molecule has 1 aliphatic rings. The number of oxazole rings is 1. The molecule has 9 heteroatoms. The number of hydrogen-bond acceptors (Lipinski definition) is 8. The quantitative estimate of drug-likeness (QED) is 0.403. The molecule has 186 valence electrons. The summed E-state index contributed by atoms with van der Waals surface area (Å²) in [5.74, 6) is 2.65. The van der Waals surface area contributed by atoms with Crippen LogP contribution in [0.2, 0.25) is 0 Å². The van der Waals surface area contributed by atoms with Crippen molar-refractivity contribution >= 4 is 29.0 Å². The normalized spacial score (nSPS) is 13.5. The molecule has 1 amide bonds. The number of anilines is 2. The van der Waals surface area contributed by atoms with Gasteiger partial charge in [-0.1, -0.05) is 18.2 Å². The molecule has 35 heavy (non-hydrogen) atoms. The first-order valence-corrected chi connectivity index (χ1v) is 13.0. The van der Waals surface area contributed by atoms with Crippen molar-refractivity contribution in [2.24, 2.45) is 0 Å². The molecule has 2 heterocycles. The van der Waals surface area contributed by atoms with Gasteiger partial charge in [-0.15, -0.1) is 11.8 Å². The molecule has 2 aromatic carbocycles. The van der Waals surface area contributed by atoms with Crippen molar-refractivity contribution < 1.29 is 23.4 Å². The molecule has 8 nitrogen and oxygen atoms in total. The first kappa shape index (κ1) is 24.9. The molecule has 0 saturated carbocycles. The van der Waals surface area contributed by atoms with Gasteiger partial charge in [0.05, 0.1) is 49.2 Å². The predicted molar refractivity (Wildman–Crippen MR) is 139 cm³/mol. The molecule has 1 N–H and O–H groups in total. The van der Waals surface area contributed by atoms with E-state index in [-0.39, 0.29) is 11.7 Å². The van der Waals surface area contributed by atoms with Gasteiger partial charge >= 0.3 is 0 Å². The van der Waals surface area contributed by atoms with E-state index in [9.17, 15) is 4.79 Å².